The summed E-state index contributed by atoms with van der Waals surface area (Å²) in [7, 11) is 1.68. The Morgan fingerprint density at radius 3 is 2.42 bits per heavy atom. The molecule has 3 heteroatoms. The highest BCUT2D eigenvalue weighted by Crippen LogP contribution is 2.19. The molecule has 0 fully saturated rings. The van der Waals surface area contributed by atoms with Crippen LogP contribution < -0.4 is 10.5 Å². The van der Waals surface area contributed by atoms with Gasteiger partial charge in [0.2, 0.25) is 0 Å². The lowest BCUT2D eigenvalue weighted by Gasteiger charge is -2.14. The van der Waals surface area contributed by atoms with E-state index in [4.69, 9.17) is 22.1 Å². The second-order valence-corrected chi connectivity index (χ2v) is 5.04. The molecule has 2 N–H and O–H groups in total. The predicted molar refractivity (Wildman–Crippen MR) is 79.8 cm³/mol. The highest BCUT2D eigenvalue weighted by molar-refractivity contribution is 6.30. The largest absolute Gasteiger partial charge is 0.496 e. The summed E-state index contributed by atoms with van der Waals surface area (Å²) in [6.07, 6.45) is 1.63. The zero-order valence-electron chi connectivity index (χ0n) is 11.0. The summed E-state index contributed by atoms with van der Waals surface area (Å²) in [4.78, 5) is 0. The maximum atomic E-state index is 6.21. The Kier molecular flexibility index (Phi) is 4.83. The average Bonchev–Trinajstić information content (AvgIpc) is 2.42. The number of para-hydroxylation sites is 1. The van der Waals surface area contributed by atoms with Gasteiger partial charge in [0, 0.05) is 11.1 Å². The number of hydrogen-bond donors (Lipinski definition) is 1. The molecule has 0 aliphatic carbocycles. The molecule has 0 amide bonds. The van der Waals surface area contributed by atoms with E-state index in [9.17, 15) is 0 Å². The minimum Gasteiger partial charge on any atom is -0.496 e. The lowest BCUT2D eigenvalue weighted by molar-refractivity contribution is 0.408. The summed E-state index contributed by atoms with van der Waals surface area (Å²) in [5, 5.41) is 0.752. The SMILES string of the molecule is COc1ccccc1CC(N)Cc1ccc(Cl)cc1. The van der Waals surface area contributed by atoms with Crippen molar-refractivity contribution >= 4 is 11.6 Å². The van der Waals surface area contributed by atoms with Gasteiger partial charge in [-0.1, -0.05) is 41.9 Å². The molecular formula is C16H18ClNO. The minimum absolute atomic E-state index is 0.0671. The monoisotopic (exact) mass is 275 g/mol. The average molecular weight is 276 g/mol. The van der Waals surface area contributed by atoms with E-state index in [2.05, 4.69) is 6.07 Å². The van der Waals surface area contributed by atoms with Crippen molar-refractivity contribution in [2.45, 2.75) is 18.9 Å². The second kappa shape index (κ2) is 6.60. The number of methoxy groups -OCH3 is 1. The van der Waals surface area contributed by atoms with Crippen LogP contribution in [-0.2, 0) is 12.8 Å². The van der Waals surface area contributed by atoms with Gasteiger partial charge < -0.3 is 10.5 Å². The van der Waals surface area contributed by atoms with E-state index in [1.807, 2.05) is 42.5 Å². The first-order valence-corrected chi connectivity index (χ1v) is 6.68. The van der Waals surface area contributed by atoms with Gasteiger partial charge in [0.05, 0.1) is 7.11 Å². The molecule has 0 saturated heterocycles. The van der Waals surface area contributed by atoms with Crippen LogP contribution in [0.3, 0.4) is 0 Å². The number of hydrogen-bond acceptors (Lipinski definition) is 2. The maximum Gasteiger partial charge on any atom is 0.122 e. The fourth-order valence-corrected chi connectivity index (χ4v) is 2.28. The van der Waals surface area contributed by atoms with Crippen molar-refractivity contribution in [3.05, 3.63) is 64.7 Å². The molecule has 2 aromatic carbocycles. The number of rotatable bonds is 5. The first-order chi connectivity index (χ1) is 9.19. The topological polar surface area (TPSA) is 35.2 Å². The molecule has 0 aromatic heterocycles. The smallest absolute Gasteiger partial charge is 0.122 e. The Labute approximate surface area is 119 Å². The molecule has 0 saturated carbocycles. The summed E-state index contributed by atoms with van der Waals surface area (Å²) in [5.41, 5.74) is 8.56. The van der Waals surface area contributed by atoms with Crippen molar-refractivity contribution in [1.82, 2.24) is 0 Å². The van der Waals surface area contributed by atoms with Crippen LogP contribution in [0.5, 0.6) is 5.75 Å². The van der Waals surface area contributed by atoms with Crippen LogP contribution in [0.2, 0.25) is 5.02 Å². The van der Waals surface area contributed by atoms with Gasteiger partial charge in [0.1, 0.15) is 5.75 Å². The van der Waals surface area contributed by atoms with E-state index in [0.29, 0.717) is 0 Å². The van der Waals surface area contributed by atoms with Gasteiger partial charge in [-0.2, -0.15) is 0 Å². The van der Waals surface area contributed by atoms with E-state index >= 15 is 0 Å². The predicted octanol–water partition coefficient (Wildman–Crippen LogP) is 3.46. The van der Waals surface area contributed by atoms with Gasteiger partial charge in [-0.25, -0.2) is 0 Å². The minimum atomic E-state index is 0.0671. The first-order valence-electron chi connectivity index (χ1n) is 6.31. The fourth-order valence-electron chi connectivity index (χ4n) is 2.15. The lowest BCUT2D eigenvalue weighted by Crippen LogP contribution is -2.25. The fraction of sp³-hybridized carbons (Fsp3) is 0.250. The Morgan fingerprint density at radius 2 is 1.74 bits per heavy atom. The quantitative estimate of drug-likeness (QED) is 0.907. The molecule has 1 atom stereocenters. The van der Waals surface area contributed by atoms with Gasteiger partial charge in [0.15, 0.2) is 0 Å². The van der Waals surface area contributed by atoms with Crippen LogP contribution in [0.4, 0.5) is 0 Å². The third-order valence-corrected chi connectivity index (χ3v) is 3.34. The standard InChI is InChI=1S/C16H18ClNO/c1-19-16-5-3-2-4-13(16)11-15(18)10-12-6-8-14(17)9-7-12/h2-9,15H,10-11,18H2,1H3. The molecule has 0 heterocycles. The Hall–Kier alpha value is -1.51. The molecule has 0 bridgehead atoms. The van der Waals surface area contributed by atoms with Crippen LogP contribution in [0.25, 0.3) is 0 Å². The summed E-state index contributed by atoms with van der Waals surface area (Å²) < 4.78 is 5.34. The third-order valence-electron chi connectivity index (χ3n) is 3.09. The molecule has 2 nitrogen and oxygen atoms in total. The molecule has 19 heavy (non-hydrogen) atoms. The van der Waals surface area contributed by atoms with E-state index in [-0.39, 0.29) is 6.04 Å². The summed E-state index contributed by atoms with van der Waals surface area (Å²) in [5.74, 6) is 0.897. The molecule has 1 unspecified atom stereocenters. The third kappa shape index (κ3) is 3.98. The Bertz CT molecular complexity index is 525. The summed E-state index contributed by atoms with van der Waals surface area (Å²) in [6, 6.07) is 15.9. The zero-order valence-corrected chi connectivity index (χ0v) is 11.7. The lowest BCUT2D eigenvalue weighted by atomic mass is 9.99. The van der Waals surface area contributed by atoms with Crippen LogP contribution in [0.1, 0.15) is 11.1 Å². The van der Waals surface area contributed by atoms with Gasteiger partial charge in [-0.15, -0.1) is 0 Å². The number of nitrogens with two attached hydrogens (primary N) is 1. The van der Waals surface area contributed by atoms with E-state index in [1.54, 1.807) is 7.11 Å². The number of benzene rings is 2. The van der Waals surface area contributed by atoms with Crippen LogP contribution in [0.15, 0.2) is 48.5 Å². The van der Waals surface area contributed by atoms with Crippen molar-refractivity contribution in [2.24, 2.45) is 5.73 Å². The first kappa shape index (κ1) is 13.9. The van der Waals surface area contributed by atoms with Crippen LogP contribution in [-0.4, -0.2) is 13.2 Å². The van der Waals surface area contributed by atoms with Gasteiger partial charge in [-0.3, -0.25) is 0 Å². The number of halogens is 1. The maximum absolute atomic E-state index is 6.21. The Morgan fingerprint density at radius 1 is 1.05 bits per heavy atom. The normalized spacial score (nSPS) is 12.2. The molecule has 100 valence electrons. The van der Waals surface area contributed by atoms with Crippen molar-refractivity contribution in [2.75, 3.05) is 7.11 Å². The Balaban J connectivity index is 2.01. The number of ether oxygens (including phenoxy) is 1. The van der Waals surface area contributed by atoms with Crippen molar-refractivity contribution in [1.29, 1.82) is 0 Å². The highest BCUT2D eigenvalue weighted by Gasteiger charge is 2.09. The van der Waals surface area contributed by atoms with Crippen molar-refractivity contribution < 1.29 is 4.74 Å². The highest BCUT2D eigenvalue weighted by atomic mass is 35.5. The van der Waals surface area contributed by atoms with Gasteiger partial charge in [-0.05, 0) is 42.2 Å². The van der Waals surface area contributed by atoms with Gasteiger partial charge in [0.25, 0.3) is 0 Å². The molecule has 0 aliphatic heterocycles. The second-order valence-electron chi connectivity index (χ2n) is 4.61. The molecule has 2 rings (SSSR count). The summed E-state index contributed by atoms with van der Waals surface area (Å²) in [6.45, 7) is 0. The molecule has 2 aromatic rings. The van der Waals surface area contributed by atoms with Crippen LogP contribution >= 0.6 is 11.6 Å². The molecule has 0 spiro atoms. The van der Waals surface area contributed by atoms with Crippen molar-refractivity contribution in [3.63, 3.8) is 0 Å². The molecular weight excluding hydrogens is 258 g/mol. The van der Waals surface area contributed by atoms with E-state index in [0.717, 1.165) is 29.2 Å². The molecule has 0 radical (unpaired) electrons. The summed E-state index contributed by atoms with van der Waals surface area (Å²) >= 11 is 5.87. The molecule has 0 aliphatic rings. The van der Waals surface area contributed by atoms with Crippen molar-refractivity contribution in [3.8, 4) is 5.75 Å². The zero-order chi connectivity index (χ0) is 13.7. The van der Waals surface area contributed by atoms with Gasteiger partial charge >= 0.3 is 0 Å². The van der Waals surface area contributed by atoms with Crippen LogP contribution in [0, 0.1) is 0 Å². The van der Waals surface area contributed by atoms with E-state index < -0.39 is 0 Å². The van der Waals surface area contributed by atoms with E-state index in [1.165, 1.54) is 5.56 Å².